The average Bonchev–Trinajstić information content (AvgIpc) is 2.28. The lowest BCUT2D eigenvalue weighted by Gasteiger charge is -2.34. The number of nitrogens with one attached hydrogen (secondary N) is 1. The van der Waals surface area contributed by atoms with Crippen LogP contribution in [0.15, 0.2) is 23.1 Å². The first-order chi connectivity index (χ1) is 9.32. The van der Waals surface area contributed by atoms with E-state index in [9.17, 15) is 8.42 Å². The third-order valence-corrected chi connectivity index (χ3v) is 5.37. The van der Waals surface area contributed by atoms with Crippen LogP contribution in [0.2, 0.25) is 0 Å². The number of nitrogens with zero attached hydrogens (tertiary/aromatic N) is 1. The van der Waals surface area contributed by atoms with Gasteiger partial charge < -0.3 is 10.1 Å². The van der Waals surface area contributed by atoms with Gasteiger partial charge in [0.15, 0.2) is 0 Å². The molecule has 0 atom stereocenters. The molecule has 1 saturated heterocycles. The van der Waals surface area contributed by atoms with Gasteiger partial charge in [0.1, 0.15) is 5.75 Å². The first-order valence-corrected chi connectivity index (χ1v) is 8.22. The monoisotopic (exact) mass is 334 g/mol. The predicted octanol–water partition coefficient (Wildman–Crippen LogP) is 1.80. The maximum Gasteiger partial charge on any atom is 0.243 e. The minimum atomic E-state index is -3.43. The van der Waals surface area contributed by atoms with E-state index in [1.54, 1.807) is 25.2 Å². The van der Waals surface area contributed by atoms with E-state index in [1.807, 2.05) is 20.8 Å². The Balaban J connectivity index is 0.00000220. The summed E-state index contributed by atoms with van der Waals surface area (Å²) < 4.78 is 32.1. The van der Waals surface area contributed by atoms with Gasteiger partial charge in [0.05, 0.1) is 11.0 Å². The van der Waals surface area contributed by atoms with Crippen molar-refractivity contribution in [3.63, 3.8) is 0 Å². The van der Waals surface area contributed by atoms with Crippen LogP contribution in [0, 0.1) is 6.92 Å². The zero-order valence-corrected chi connectivity index (χ0v) is 14.4. The molecule has 1 heterocycles. The SMILES string of the molecule is Cc1cc(S(=O)(=O)N(C)C2CNC2)ccc1OC(C)C.Cl. The van der Waals surface area contributed by atoms with Crippen LogP contribution in [-0.4, -0.2) is 45.0 Å². The molecule has 2 rings (SSSR count). The van der Waals surface area contributed by atoms with Gasteiger partial charge in [-0.2, -0.15) is 4.31 Å². The first kappa shape index (κ1) is 18.2. The minimum Gasteiger partial charge on any atom is -0.491 e. The number of rotatable bonds is 5. The molecule has 120 valence electrons. The van der Waals surface area contributed by atoms with Crippen molar-refractivity contribution >= 4 is 22.4 Å². The first-order valence-electron chi connectivity index (χ1n) is 6.78. The Hall–Kier alpha value is -0.820. The third-order valence-electron chi connectivity index (χ3n) is 3.46. The van der Waals surface area contributed by atoms with Crippen LogP contribution in [0.5, 0.6) is 5.75 Å². The minimum absolute atomic E-state index is 0. The van der Waals surface area contributed by atoms with Crippen molar-refractivity contribution < 1.29 is 13.2 Å². The smallest absolute Gasteiger partial charge is 0.243 e. The van der Waals surface area contributed by atoms with E-state index in [1.165, 1.54) is 4.31 Å². The topological polar surface area (TPSA) is 58.6 Å². The zero-order valence-electron chi connectivity index (χ0n) is 12.8. The molecule has 0 spiro atoms. The van der Waals surface area contributed by atoms with E-state index in [2.05, 4.69) is 5.32 Å². The van der Waals surface area contributed by atoms with E-state index in [4.69, 9.17) is 4.74 Å². The van der Waals surface area contributed by atoms with Gasteiger partial charge in [-0.1, -0.05) is 0 Å². The fourth-order valence-electron chi connectivity index (χ4n) is 2.06. The Kier molecular flexibility index (Phi) is 6.04. The van der Waals surface area contributed by atoms with Crippen molar-refractivity contribution in [2.75, 3.05) is 20.1 Å². The summed E-state index contributed by atoms with van der Waals surface area (Å²) >= 11 is 0. The molecule has 1 aliphatic rings. The second kappa shape index (κ2) is 6.96. The molecule has 0 aromatic heterocycles. The molecule has 1 N–H and O–H groups in total. The van der Waals surface area contributed by atoms with Crippen LogP contribution in [0.1, 0.15) is 19.4 Å². The molecule has 1 aromatic rings. The van der Waals surface area contributed by atoms with Crippen LogP contribution >= 0.6 is 12.4 Å². The fraction of sp³-hybridized carbons (Fsp3) is 0.571. The van der Waals surface area contributed by atoms with Gasteiger partial charge in [0.2, 0.25) is 10.0 Å². The molecule has 0 unspecified atom stereocenters. The highest BCUT2D eigenvalue weighted by atomic mass is 35.5. The number of benzene rings is 1. The van der Waals surface area contributed by atoms with Crippen molar-refractivity contribution in [3.05, 3.63) is 23.8 Å². The van der Waals surface area contributed by atoms with Crippen molar-refractivity contribution in [2.45, 2.75) is 37.8 Å². The van der Waals surface area contributed by atoms with Gasteiger partial charge in [-0.05, 0) is 44.5 Å². The molecule has 0 saturated carbocycles. The Labute approximate surface area is 133 Å². The summed E-state index contributed by atoms with van der Waals surface area (Å²) in [6.07, 6.45) is 0.0693. The summed E-state index contributed by atoms with van der Waals surface area (Å²) in [5.74, 6) is 0.729. The normalized spacial score (nSPS) is 15.7. The summed E-state index contributed by atoms with van der Waals surface area (Å²) in [5, 5.41) is 3.08. The van der Waals surface area contributed by atoms with Gasteiger partial charge in [-0.15, -0.1) is 12.4 Å². The van der Waals surface area contributed by atoms with E-state index in [0.29, 0.717) is 18.0 Å². The van der Waals surface area contributed by atoms with Crippen LogP contribution in [0.25, 0.3) is 0 Å². The summed E-state index contributed by atoms with van der Waals surface area (Å²) in [6.45, 7) is 7.18. The number of halogens is 1. The number of hydrogen-bond acceptors (Lipinski definition) is 4. The van der Waals surface area contributed by atoms with Gasteiger partial charge in [0, 0.05) is 26.2 Å². The highest BCUT2D eigenvalue weighted by molar-refractivity contribution is 7.89. The molecule has 7 heteroatoms. The molecule has 0 bridgehead atoms. The third kappa shape index (κ3) is 3.88. The second-order valence-electron chi connectivity index (χ2n) is 5.43. The lowest BCUT2D eigenvalue weighted by atomic mass is 10.2. The standard InChI is InChI=1S/C14H22N2O3S.ClH/c1-10(2)19-14-6-5-13(7-11(14)3)20(17,18)16(4)12-8-15-9-12;/h5-7,10,12,15H,8-9H2,1-4H3;1H. The highest BCUT2D eigenvalue weighted by Crippen LogP contribution is 2.25. The maximum absolute atomic E-state index is 12.5. The fourth-order valence-corrected chi connectivity index (χ4v) is 3.50. The lowest BCUT2D eigenvalue weighted by molar-refractivity contribution is 0.240. The van der Waals surface area contributed by atoms with Crippen LogP contribution in [0.3, 0.4) is 0 Å². The molecule has 21 heavy (non-hydrogen) atoms. The maximum atomic E-state index is 12.5. The van der Waals surface area contributed by atoms with Crippen molar-refractivity contribution in [3.8, 4) is 5.75 Å². The molecule has 1 aromatic carbocycles. The van der Waals surface area contributed by atoms with Crippen LogP contribution < -0.4 is 10.1 Å². The summed E-state index contributed by atoms with van der Waals surface area (Å²) in [6, 6.07) is 5.07. The Morgan fingerprint density at radius 1 is 1.33 bits per heavy atom. The van der Waals surface area contributed by atoms with E-state index in [-0.39, 0.29) is 24.6 Å². The largest absolute Gasteiger partial charge is 0.491 e. The number of aryl methyl sites for hydroxylation is 1. The van der Waals surface area contributed by atoms with Crippen molar-refractivity contribution in [1.82, 2.24) is 9.62 Å². The quantitative estimate of drug-likeness (QED) is 0.892. The predicted molar refractivity (Wildman–Crippen MR) is 85.8 cm³/mol. The molecule has 5 nitrogen and oxygen atoms in total. The van der Waals surface area contributed by atoms with E-state index in [0.717, 1.165) is 11.3 Å². The number of likely N-dealkylation sites (N-methyl/N-ethyl adjacent to an activating group) is 1. The van der Waals surface area contributed by atoms with Gasteiger partial charge >= 0.3 is 0 Å². The molecule has 1 aliphatic heterocycles. The number of ether oxygens (including phenoxy) is 1. The summed E-state index contributed by atoms with van der Waals surface area (Å²) in [4.78, 5) is 0.320. The van der Waals surface area contributed by atoms with Gasteiger partial charge in [0.25, 0.3) is 0 Å². The Bertz CT molecular complexity index is 586. The van der Waals surface area contributed by atoms with Gasteiger partial charge in [-0.3, -0.25) is 0 Å². The molecule has 0 aliphatic carbocycles. The zero-order chi connectivity index (χ0) is 14.9. The molecular formula is C14H23ClN2O3S. The molecular weight excluding hydrogens is 312 g/mol. The molecule has 0 radical (unpaired) electrons. The van der Waals surface area contributed by atoms with Crippen molar-refractivity contribution in [1.29, 1.82) is 0 Å². The van der Waals surface area contributed by atoms with Crippen LogP contribution in [0.4, 0.5) is 0 Å². The van der Waals surface area contributed by atoms with Crippen LogP contribution in [-0.2, 0) is 10.0 Å². The lowest BCUT2D eigenvalue weighted by Crippen LogP contribution is -2.57. The average molecular weight is 335 g/mol. The molecule has 0 amide bonds. The summed E-state index contributed by atoms with van der Waals surface area (Å²) in [7, 11) is -1.80. The summed E-state index contributed by atoms with van der Waals surface area (Å²) in [5.41, 5.74) is 0.833. The van der Waals surface area contributed by atoms with Crippen molar-refractivity contribution in [2.24, 2.45) is 0 Å². The molecule has 1 fully saturated rings. The van der Waals surface area contributed by atoms with E-state index < -0.39 is 10.0 Å². The Morgan fingerprint density at radius 2 is 1.95 bits per heavy atom. The van der Waals surface area contributed by atoms with Gasteiger partial charge in [-0.25, -0.2) is 8.42 Å². The second-order valence-corrected chi connectivity index (χ2v) is 7.42. The Morgan fingerprint density at radius 3 is 2.38 bits per heavy atom. The number of hydrogen-bond donors (Lipinski definition) is 1. The number of sulfonamides is 1. The highest BCUT2D eigenvalue weighted by Gasteiger charge is 2.31. The van der Waals surface area contributed by atoms with E-state index >= 15 is 0 Å².